The number of hydrogen-bond donors (Lipinski definition) is 0. The van der Waals surface area contributed by atoms with Crippen LogP contribution in [0.15, 0.2) is 48.2 Å². The topological polar surface area (TPSA) is 91.2 Å². The maximum Gasteiger partial charge on any atom is 0.319 e. The molecule has 7 rings (SSSR count). The van der Waals surface area contributed by atoms with Gasteiger partial charge in [0.15, 0.2) is 0 Å². The molecule has 1 amide bonds. The summed E-state index contributed by atoms with van der Waals surface area (Å²) in [6, 6.07) is 8.42. The van der Waals surface area contributed by atoms with Crippen LogP contribution in [0, 0.1) is 10.7 Å². The molecule has 44 heavy (non-hydrogen) atoms. The molecule has 4 aliphatic rings. The van der Waals surface area contributed by atoms with Gasteiger partial charge in [-0.2, -0.15) is 9.97 Å². The molecular formula is C33H36F2N6O3. The number of ether oxygens (including phenoxy) is 1. The van der Waals surface area contributed by atoms with Gasteiger partial charge in [0, 0.05) is 55.2 Å². The lowest BCUT2D eigenvalue weighted by Gasteiger charge is -2.40. The van der Waals surface area contributed by atoms with Gasteiger partial charge < -0.3 is 14.5 Å². The summed E-state index contributed by atoms with van der Waals surface area (Å²) >= 11 is 0. The lowest BCUT2D eigenvalue weighted by molar-refractivity contribution is -0.126. The van der Waals surface area contributed by atoms with Crippen molar-refractivity contribution in [1.82, 2.24) is 19.8 Å². The van der Waals surface area contributed by atoms with Crippen LogP contribution in [-0.4, -0.2) is 82.8 Å². The number of fused-ring (bicyclic) bond motifs is 2. The van der Waals surface area contributed by atoms with Gasteiger partial charge in [0.05, 0.1) is 11.1 Å². The number of carbonyl (C=O) groups is 1. The smallest absolute Gasteiger partial charge is 0.319 e. The molecule has 2 aromatic carbocycles. The second kappa shape index (κ2) is 11.2. The molecule has 3 aliphatic heterocycles. The highest BCUT2D eigenvalue weighted by atomic mass is 19.1. The Labute approximate surface area is 254 Å². The first-order valence-corrected chi connectivity index (χ1v) is 15.5. The van der Waals surface area contributed by atoms with Gasteiger partial charge in [-0.15, -0.1) is 4.91 Å². The van der Waals surface area contributed by atoms with Gasteiger partial charge in [-0.05, 0) is 80.1 Å². The van der Waals surface area contributed by atoms with E-state index < -0.39 is 12.0 Å². The van der Waals surface area contributed by atoms with Crippen LogP contribution in [0.4, 0.5) is 20.3 Å². The van der Waals surface area contributed by atoms with Crippen LogP contribution in [0.1, 0.15) is 50.5 Å². The third-order valence-electron chi connectivity index (χ3n) is 9.82. The Bertz CT molecular complexity index is 1650. The molecule has 3 aromatic rings. The van der Waals surface area contributed by atoms with Gasteiger partial charge in [0.25, 0.3) is 0 Å². The van der Waals surface area contributed by atoms with Crippen molar-refractivity contribution >= 4 is 28.3 Å². The molecule has 4 fully saturated rings. The predicted octanol–water partition coefficient (Wildman–Crippen LogP) is 5.89. The second-order valence-electron chi connectivity index (χ2n) is 12.7. The van der Waals surface area contributed by atoms with E-state index in [-0.39, 0.29) is 47.3 Å². The fourth-order valence-corrected chi connectivity index (χ4v) is 7.50. The summed E-state index contributed by atoms with van der Waals surface area (Å²) in [5.74, 6) is 0.133. The highest BCUT2D eigenvalue weighted by Gasteiger charge is 2.49. The Morgan fingerprint density at radius 2 is 2.05 bits per heavy atom. The van der Waals surface area contributed by atoms with Gasteiger partial charge in [0.2, 0.25) is 5.91 Å². The van der Waals surface area contributed by atoms with Crippen LogP contribution in [-0.2, 0) is 4.79 Å². The van der Waals surface area contributed by atoms with E-state index in [1.807, 2.05) is 17.9 Å². The summed E-state index contributed by atoms with van der Waals surface area (Å²) < 4.78 is 36.9. The number of nitrogens with zero attached hydrogens (tertiary/aromatic N) is 6. The quantitative estimate of drug-likeness (QED) is 0.235. The van der Waals surface area contributed by atoms with Crippen molar-refractivity contribution in [3.63, 3.8) is 0 Å². The minimum absolute atomic E-state index is 0.131. The molecule has 1 saturated carbocycles. The van der Waals surface area contributed by atoms with Gasteiger partial charge in [-0.3, -0.25) is 9.69 Å². The van der Waals surface area contributed by atoms with Crippen molar-refractivity contribution in [1.29, 1.82) is 0 Å². The third kappa shape index (κ3) is 5.00. The fraction of sp³-hybridized carbons (Fsp3) is 0.485. The molecule has 0 radical (unpaired) electrons. The van der Waals surface area contributed by atoms with E-state index in [0.717, 1.165) is 37.8 Å². The van der Waals surface area contributed by atoms with Gasteiger partial charge in [-0.25, -0.2) is 8.78 Å². The first kappa shape index (κ1) is 28.8. The van der Waals surface area contributed by atoms with Crippen molar-refractivity contribution in [3.8, 4) is 17.1 Å². The van der Waals surface area contributed by atoms with E-state index in [1.165, 1.54) is 12.1 Å². The molecule has 1 unspecified atom stereocenters. The molecule has 3 atom stereocenters. The number of nitroso groups, excluding NO2 is 1. The first-order valence-electron chi connectivity index (χ1n) is 15.5. The summed E-state index contributed by atoms with van der Waals surface area (Å²) in [6.45, 7) is 8.49. The van der Waals surface area contributed by atoms with Gasteiger partial charge in [-0.1, -0.05) is 18.7 Å². The van der Waals surface area contributed by atoms with E-state index in [1.54, 1.807) is 23.1 Å². The van der Waals surface area contributed by atoms with Crippen molar-refractivity contribution in [3.05, 3.63) is 59.3 Å². The number of anilines is 1. The van der Waals surface area contributed by atoms with Crippen molar-refractivity contribution in [2.45, 2.75) is 62.7 Å². The number of halogens is 2. The Morgan fingerprint density at radius 1 is 1.20 bits per heavy atom. The summed E-state index contributed by atoms with van der Waals surface area (Å²) in [7, 11) is 0. The molecule has 3 saturated heterocycles. The SMILES string of the molecule is C=CC(=O)N1CCN(c2nc(OCC34CCCN3C[C@H](F)C4)nc3cc(-c4c(N=O)cccc4C4CC4)c(F)cc23)[C@H](C)C1. The Kier molecular flexibility index (Phi) is 7.31. The average molecular weight is 603 g/mol. The lowest BCUT2D eigenvalue weighted by Crippen LogP contribution is -2.53. The number of rotatable bonds is 8. The molecular weight excluding hydrogens is 566 g/mol. The zero-order valence-electron chi connectivity index (χ0n) is 24.8. The van der Waals surface area contributed by atoms with Crippen LogP contribution in [0.3, 0.4) is 0 Å². The molecule has 0 spiro atoms. The highest BCUT2D eigenvalue weighted by molar-refractivity contribution is 5.95. The maximum atomic E-state index is 16.1. The molecule has 1 aromatic heterocycles. The molecule has 1 aliphatic carbocycles. The summed E-state index contributed by atoms with van der Waals surface area (Å²) in [5.41, 5.74) is 1.94. The summed E-state index contributed by atoms with van der Waals surface area (Å²) in [5, 5.41) is 3.74. The van der Waals surface area contributed by atoms with E-state index in [2.05, 4.69) is 16.7 Å². The van der Waals surface area contributed by atoms with Gasteiger partial charge >= 0.3 is 6.01 Å². The third-order valence-corrected chi connectivity index (χ3v) is 9.82. The van der Waals surface area contributed by atoms with E-state index in [9.17, 15) is 14.1 Å². The standard InChI is InChI=1S/C33H36F2N6O3/c1-3-29(42)39-12-13-41(20(2)17-39)31-25-14-26(35)24(30-23(21-8-9-21)6-4-7-27(30)38-43)15-28(25)36-32(37-31)44-19-33-10-5-11-40(33)18-22(34)16-33/h3-4,6-7,14-15,20-22H,1,5,8-13,16-19H2,2H3/t20-,22-,33?/m1/s1. The molecule has 230 valence electrons. The Hall–Kier alpha value is -3.99. The zero-order valence-corrected chi connectivity index (χ0v) is 24.8. The molecule has 11 heteroatoms. The lowest BCUT2D eigenvalue weighted by atomic mass is 9.93. The van der Waals surface area contributed by atoms with E-state index in [4.69, 9.17) is 14.7 Å². The van der Waals surface area contributed by atoms with Crippen molar-refractivity contribution < 1.29 is 18.3 Å². The fourth-order valence-electron chi connectivity index (χ4n) is 7.50. The van der Waals surface area contributed by atoms with Crippen molar-refractivity contribution in [2.75, 3.05) is 44.2 Å². The largest absolute Gasteiger partial charge is 0.461 e. The normalized spacial score (nSPS) is 25.3. The van der Waals surface area contributed by atoms with Crippen LogP contribution in [0.2, 0.25) is 0 Å². The number of piperazine rings is 1. The zero-order chi connectivity index (χ0) is 30.6. The maximum absolute atomic E-state index is 16.1. The number of alkyl halides is 1. The number of hydrogen-bond acceptors (Lipinski definition) is 8. The van der Waals surface area contributed by atoms with Crippen LogP contribution < -0.4 is 9.64 Å². The monoisotopic (exact) mass is 602 g/mol. The minimum Gasteiger partial charge on any atom is -0.461 e. The number of benzene rings is 2. The second-order valence-corrected chi connectivity index (χ2v) is 12.7. The highest BCUT2D eigenvalue weighted by Crippen LogP contribution is 2.48. The molecule has 4 heterocycles. The van der Waals surface area contributed by atoms with Crippen molar-refractivity contribution in [2.24, 2.45) is 5.18 Å². The van der Waals surface area contributed by atoms with Crippen LogP contribution in [0.25, 0.3) is 22.0 Å². The summed E-state index contributed by atoms with van der Waals surface area (Å²) in [6.07, 6.45) is 4.62. The van der Waals surface area contributed by atoms with E-state index >= 15 is 4.39 Å². The van der Waals surface area contributed by atoms with Crippen LogP contribution in [0.5, 0.6) is 6.01 Å². The summed E-state index contributed by atoms with van der Waals surface area (Å²) in [4.78, 5) is 39.7. The Morgan fingerprint density at radius 3 is 2.80 bits per heavy atom. The minimum atomic E-state index is -0.889. The van der Waals surface area contributed by atoms with Crippen LogP contribution >= 0.6 is 0 Å². The number of aromatic nitrogens is 2. The van der Waals surface area contributed by atoms with E-state index in [0.29, 0.717) is 54.9 Å². The molecule has 0 bridgehead atoms. The Balaban J connectivity index is 1.32. The number of carbonyl (C=O) groups excluding carboxylic acids is 1. The average Bonchev–Trinajstić information content (AvgIpc) is 3.73. The van der Waals surface area contributed by atoms with Gasteiger partial charge in [0.1, 0.15) is 30.1 Å². The number of amides is 1. The predicted molar refractivity (Wildman–Crippen MR) is 164 cm³/mol. The molecule has 0 N–H and O–H groups in total. The molecule has 9 nitrogen and oxygen atoms in total. The first-order chi connectivity index (χ1) is 21.3.